The third kappa shape index (κ3) is 1.73. The minimum Gasteiger partial charge on any atom is -0.258 e. The first-order valence-corrected chi connectivity index (χ1v) is 5.77. The molecule has 0 amide bonds. The van der Waals surface area contributed by atoms with Crippen molar-refractivity contribution in [2.24, 2.45) is 0 Å². The standard InChI is InChI=1S/C6BrClN4O4S/c7-1-3-4(10-17-9-3)2(8)6(12(15)16)5(1)11(13)14. The van der Waals surface area contributed by atoms with Crippen LogP contribution in [0.15, 0.2) is 4.47 Å². The summed E-state index contributed by atoms with van der Waals surface area (Å²) in [5.74, 6) is 0. The molecule has 0 N–H and O–H groups in total. The van der Waals surface area contributed by atoms with Crippen LogP contribution < -0.4 is 0 Å². The van der Waals surface area contributed by atoms with Gasteiger partial charge in [0.15, 0.2) is 5.02 Å². The first-order valence-electron chi connectivity index (χ1n) is 3.87. The second-order valence-corrected chi connectivity index (χ2v) is 4.50. The van der Waals surface area contributed by atoms with Crippen molar-refractivity contribution in [1.29, 1.82) is 0 Å². The molecule has 0 aliphatic rings. The Morgan fingerprint density at radius 1 is 1.12 bits per heavy atom. The van der Waals surface area contributed by atoms with Gasteiger partial charge in [-0.15, -0.1) is 0 Å². The van der Waals surface area contributed by atoms with Crippen LogP contribution in [0.2, 0.25) is 5.02 Å². The normalized spacial score (nSPS) is 10.7. The molecule has 0 atom stereocenters. The molecular formula is C6BrClN4O4S. The molecule has 0 aliphatic carbocycles. The van der Waals surface area contributed by atoms with E-state index in [-0.39, 0.29) is 20.5 Å². The minimum atomic E-state index is -0.913. The lowest BCUT2D eigenvalue weighted by atomic mass is 10.2. The van der Waals surface area contributed by atoms with Crippen LogP contribution in [-0.4, -0.2) is 18.6 Å². The van der Waals surface area contributed by atoms with Crippen molar-refractivity contribution in [1.82, 2.24) is 8.75 Å². The Balaban J connectivity index is 3.03. The molecule has 0 saturated heterocycles. The third-order valence-corrected chi connectivity index (χ3v) is 3.55. The topological polar surface area (TPSA) is 112 Å². The quantitative estimate of drug-likeness (QED) is 0.614. The summed E-state index contributed by atoms with van der Waals surface area (Å²) in [6.45, 7) is 0. The summed E-state index contributed by atoms with van der Waals surface area (Å²) in [5.41, 5.74) is -1.30. The first-order chi connectivity index (χ1) is 7.95. The zero-order chi connectivity index (χ0) is 12.7. The molecule has 1 aromatic carbocycles. The van der Waals surface area contributed by atoms with Crippen molar-refractivity contribution < 1.29 is 9.85 Å². The number of nitro benzene ring substituents is 2. The second-order valence-electron chi connectivity index (χ2n) is 2.80. The Morgan fingerprint density at radius 3 is 2.18 bits per heavy atom. The summed E-state index contributed by atoms with van der Waals surface area (Å²) in [4.78, 5) is 19.9. The van der Waals surface area contributed by atoms with Crippen LogP contribution in [0, 0.1) is 20.2 Å². The Kier molecular flexibility index (Phi) is 2.93. The smallest absolute Gasteiger partial charge is 0.258 e. The Labute approximate surface area is 110 Å². The molecule has 8 nitrogen and oxygen atoms in total. The first kappa shape index (κ1) is 12.1. The highest BCUT2D eigenvalue weighted by Gasteiger charge is 2.36. The number of rotatable bonds is 2. The molecule has 2 rings (SSSR count). The number of aromatic nitrogens is 2. The summed E-state index contributed by atoms with van der Waals surface area (Å²) >= 11 is 9.41. The summed E-state index contributed by atoms with van der Waals surface area (Å²) < 4.78 is 7.46. The second kappa shape index (κ2) is 4.13. The van der Waals surface area contributed by atoms with E-state index in [0.717, 1.165) is 11.7 Å². The maximum atomic E-state index is 10.8. The molecule has 1 heterocycles. The van der Waals surface area contributed by atoms with Crippen molar-refractivity contribution in [3.8, 4) is 0 Å². The van der Waals surface area contributed by atoms with Crippen LogP contribution in [0.3, 0.4) is 0 Å². The van der Waals surface area contributed by atoms with Gasteiger partial charge < -0.3 is 0 Å². The maximum absolute atomic E-state index is 10.8. The molecule has 17 heavy (non-hydrogen) atoms. The van der Waals surface area contributed by atoms with E-state index in [4.69, 9.17) is 11.6 Å². The van der Waals surface area contributed by atoms with Crippen molar-refractivity contribution in [2.45, 2.75) is 0 Å². The summed E-state index contributed by atoms with van der Waals surface area (Å²) in [5, 5.41) is 21.3. The number of nitrogens with zero attached hydrogens (tertiary/aromatic N) is 4. The van der Waals surface area contributed by atoms with Gasteiger partial charge in [0.1, 0.15) is 15.5 Å². The maximum Gasteiger partial charge on any atom is 0.368 e. The molecule has 2 aromatic rings. The zero-order valence-electron chi connectivity index (χ0n) is 7.59. The monoisotopic (exact) mass is 338 g/mol. The van der Waals surface area contributed by atoms with Gasteiger partial charge in [0.05, 0.1) is 21.6 Å². The van der Waals surface area contributed by atoms with Gasteiger partial charge in [0.25, 0.3) is 0 Å². The van der Waals surface area contributed by atoms with Gasteiger partial charge in [-0.05, 0) is 15.9 Å². The van der Waals surface area contributed by atoms with Gasteiger partial charge in [-0.3, -0.25) is 20.2 Å². The van der Waals surface area contributed by atoms with E-state index in [1.165, 1.54) is 0 Å². The SMILES string of the molecule is O=[N+]([O-])c1c([N+](=O)[O-])c(Br)c2nsnc2c1Cl. The largest absolute Gasteiger partial charge is 0.368 e. The fourth-order valence-corrected chi connectivity index (χ4v) is 2.87. The average molecular weight is 340 g/mol. The van der Waals surface area contributed by atoms with E-state index in [9.17, 15) is 20.2 Å². The van der Waals surface area contributed by atoms with E-state index in [1.54, 1.807) is 0 Å². The third-order valence-electron chi connectivity index (χ3n) is 1.91. The predicted octanol–water partition coefficient (Wildman–Crippen LogP) is 2.92. The highest BCUT2D eigenvalue weighted by molar-refractivity contribution is 9.10. The molecule has 0 bridgehead atoms. The lowest BCUT2D eigenvalue weighted by Crippen LogP contribution is -1.99. The number of fused-ring (bicyclic) bond motifs is 1. The molecule has 1 aromatic heterocycles. The number of nitro groups is 2. The Morgan fingerprint density at radius 2 is 1.65 bits per heavy atom. The minimum absolute atomic E-state index is 0.0702. The van der Waals surface area contributed by atoms with Crippen molar-refractivity contribution in [3.63, 3.8) is 0 Å². The van der Waals surface area contributed by atoms with E-state index < -0.39 is 21.2 Å². The fraction of sp³-hybridized carbons (Fsp3) is 0. The predicted molar refractivity (Wildman–Crippen MR) is 63.4 cm³/mol. The van der Waals surface area contributed by atoms with E-state index in [0.29, 0.717) is 0 Å². The molecule has 0 unspecified atom stereocenters. The van der Waals surface area contributed by atoms with E-state index in [2.05, 4.69) is 24.7 Å². The van der Waals surface area contributed by atoms with Gasteiger partial charge in [0, 0.05) is 0 Å². The van der Waals surface area contributed by atoms with Gasteiger partial charge >= 0.3 is 11.4 Å². The number of benzene rings is 1. The van der Waals surface area contributed by atoms with Gasteiger partial charge in [-0.25, -0.2) is 0 Å². The van der Waals surface area contributed by atoms with Crippen LogP contribution in [0.4, 0.5) is 11.4 Å². The molecule has 11 heteroatoms. The van der Waals surface area contributed by atoms with Crippen LogP contribution in [0.1, 0.15) is 0 Å². The number of hydrogen-bond donors (Lipinski definition) is 0. The number of halogens is 2. The Bertz CT molecular complexity index is 605. The molecule has 0 saturated carbocycles. The lowest BCUT2D eigenvalue weighted by Gasteiger charge is -2.00. The van der Waals surface area contributed by atoms with Crippen LogP contribution in [0.5, 0.6) is 0 Å². The van der Waals surface area contributed by atoms with Gasteiger partial charge in [0.2, 0.25) is 0 Å². The summed E-state index contributed by atoms with van der Waals surface area (Å²) in [6.07, 6.45) is 0. The zero-order valence-corrected chi connectivity index (χ0v) is 10.7. The fourth-order valence-electron chi connectivity index (χ4n) is 1.24. The van der Waals surface area contributed by atoms with Crippen molar-refractivity contribution in [2.75, 3.05) is 0 Å². The van der Waals surface area contributed by atoms with Crippen LogP contribution in [0.25, 0.3) is 11.0 Å². The molecular weight excluding hydrogens is 340 g/mol. The average Bonchev–Trinajstić information content (AvgIpc) is 2.70. The van der Waals surface area contributed by atoms with Crippen molar-refractivity contribution in [3.05, 3.63) is 29.7 Å². The molecule has 88 valence electrons. The molecule has 0 radical (unpaired) electrons. The lowest BCUT2D eigenvalue weighted by molar-refractivity contribution is -0.422. The van der Waals surface area contributed by atoms with E-state index >= 15 is 0 Å². The summed E-state index contributed by atoms with van der Waals surface area (Å²) in [6, 6.07) is 0. The van der Waals surface area contributed by atoms with Gasteiger partial charge in [-0.2, -0.15) is 8.75 Å². The van der Waals surface area contributed by atoms with Crippen molar-refractivity contribution >= 4 is 61.7 Å². The Hall–Kier alpha value is -1.39. The van der Waals surface area contributed by atoms with Gasteiger partial charge in [-0.1, -0.05) is 11.6 Å². The highest BCUT2D eigenvalue weighted by Crippen LogP contribution is 2.45. The highest BCUT2D eigenvalue weighted by atomic mass is 79.9. The van der Waals surface area contributed by atoms with Crippen LogP contribution >= 0.6 is 39.3 Å². The molecule has 0 spiro atoms. The molecule has 0 aliphatic heterocycles. The molecule has 0 fully saturated rings. The van der Waals surface area contributed by atoms with Crippen LogP contribution in [-0.2, 0) is 0 Å². The summed E-state index contributed by atoms with van der Waals surface area (Å²) in [7, 11) is 0. The number of hydrogen-bond acceptors (Lipinski definition) is 7. The van der Waals surface area contributed by atoms with E-state index in [1.807, 2.05) is 0 Å².